The zero-order chi connectivity index (χ0) is 11.2. The van der Waals surface area contributed by atoms with Crippen LogP contribution in [0.1, 0.15) is 5.82 Å². The molecule has 0 N–H and O–H groups in total. The van der Waals surface area contributed by atoms with Gasteiger partial charge >= 0.3 is 0 Å². The monoisotopic (exact) mass is 226 g/mol. The summed E-state index contributed by atoms with van der Waals surface area (Å²) < 4.78 is 14.4. The molecule has 0 aliphatic rings. The van der Waals surface area contributed by atoms with Gasteiger partial charge in [-0.15, -0.1) is 0 Å². The Morgan fingerprint density at radius 1 is 1.47 bits per heavy atom. The lowest BCUT2D eigenvalue weighted by molar-refractivity contribution is 0.629. The van der Waals surface area contributed by atoms with Crippen molar-refractivity contribution in [2.24, 2.45) is 7.05 Å². The molecule has 2 rings (SSSR count). The fourth-order valence-electron chi connectivity index (χ4n) is 1.41. The Hall–Kier alpha value is -1.42. The Balaban J connectivity index is 3.06. The molecular formula is C10H8ClFN2O. The number of rotatable bonds is 0. The number of hydrogen-bond acceptors (Lipinski definition) is 2. The molecule has 5 heteroatoms. The van der Waals surface area contributed by atoms with Crippen molar-refractivity contribution >= 4 is 22.5 Å². The molecule has 0 bridgehead atoms. The number of aryl methyl sites for hydroxylation is 1. The van der Waals surface area contributed by atoms with Crippen LogP contribution in [-0.2, 0) is 7.05 Å². The number of hydrogen-bond donors (Lipinski definition) is 0. The third-order valence-electron chi connectivity index (χ3n) is 2.32. The Morgan fingerprint density at radius 3 is 2.80 bits per heavy atom. The van der Waals surface area contributed by atoms with E-state index in [-0.39, 0.29) is 16.0 Å². The summed E-state index contributed by atoms with van der Waals surface area (Å²) in [5, 5.41) is 0.360. The second kappa shape index (κ2) is 3.31. The predicted molar refractivity (Wildman–Crippen MR) is 56.7 cm³/mol. The summed E-state index contributed by atoms with van der Waals surface area (Å²) in [7, 11) is 1.59. The molecule has 3 nitrogen and oxygen atoms in total. The summed E-state index contributed by atoms with van der Waals surface area (Å²) in [6.45, 7) is 1.69. The Morgan fingerprint density at radius 2 is 2.13 bits per heavy atom. The van der Waals surface area contributed by atoms with E-state index >= 15 is 0 Å². The summed E-state index contributed by atoms with van der Waals surface area (Å²) in [5.74, 6) is 0.0104. The molecule has 0 saturated carbocycles. The van der Waals surface area contributed by atoms with Crippen LogP contribution in [0.4, 0.5) is 4.39 Å². The van der Waals surface area contributed by atoms with Crippen molar-refractivity contribution in [3.8, 4) is 0 Å². The van der Waals surface area contributed by atoms with E-state index in [1.807, 2.05) is 0 Å². The Bertz CT molecular complexity index is 606. The number of benzene rings is 1. The number of fused-ring (bicyclic) bond motifs is 1. The van der Waals surface area contributed by atoms with Gasteiger partial charge in [-0.2, -0.15) is 0 Å². The molecule has 1 aromatic carbocycles. The first-order chi connectivity index (χ1) is 7.00. The van der Waals surface area contributed by atoms with Crippen molar-refractivity contribution in [3.63, 3.8) is 0 Å². The summed E-state index contributed by atoms with van der Waals surface area (Å²) in [6.07, 6.45) is 0. The summed E-state index contributed by atoms with van der Waals surface area (Å²) in [5.41, 5.74) is 0.0533. The maximum absolute atomic E-state index is 13.0. The average Bonchev–Trinajstić information content (AvgIpc) is 2.17. The number of nitrogens with zero attached hydrogens (tertiary/aromatic N) is 2. The first-order valence-corrected chi connectivity index (χ1v) is 4.71. The van der Waals surface area contributed by atoms with Gasteiger partial charge in [0.1, 0.15) is 11.6 Å². The van der Waals surface area contributed by atoms with Crippen molar-refractivity contribution in [2.45, 2.75) is 6.92 Å². The first kappa shape index (κ1) is 10.1. The fourth-order valence-corrected chi connectivity index (χ4v) is 1.66. The smallest absolute Gasteiger partial charge is 0.261 e. The molecule has 1 heterocycles. The molecule has 0 saturated heterocycles. The van der Waals surface area contributed by atoms with Crippen molar-refractivity contribution in [3.05, 3.63) is 39.2 Å². The highest BCUT2D eigenvalue weighted by atomic mass is 35.5. The van der Waals surface area contributed by atoms with Crippen LogP contribution in [0.5, 0.6) is 0 Å². The third-order valence-corrected chi connectivity index (χ3v) is 2.61. The van der Waals surface area contributed by atoms with E-state index in [4.69, 9.17) is 11.6 Å². The number of halogens is 2. The lowest BCUT2D eigenvalue weighted by Gasteiger charge is -2.06. The van der Waals surface area contributed by atoms with Crippen LogP contribution in [0.2, 0.25) is 5.02 Å². The van der Waals surface area contributed by atoms with Crippen molar-refractivity contribution in [1.29, 1.82) is 0 Å². The van der Waals surface area contributed by atoms with Crippen LogP contribution in [0.15, 0.2) is 16.9 Å². The van der Waals surface area contributed by atoms with Crippen LogP contribution < -0.4 is 5.56 Å². The van der Waals surface area contributed by atoms with Crippen LogP contribution >= 0.6 is 11.6 Å². The highest BCUT2D eigenvalue weighted by Gasteiger charge is 2.09. The molecule has 0 fully saturated rings. The quantitative estimate of drug-likeness (QED) is 0.689. The summed E-state index contributed by atoms with van der Waals surface area (Å²) in [4.78, 5) is 15.9. The average molecular weight is 227 g/mol. The fraction of sp³-hybridized carbons (Fsp3) is 0.200. The van der Waals surface area contributed by atoms with Crippen LogP contribution in [0.3, 0.4) is 0 Å². The van der Waals surface area contributed by atoms with Gasteiger partial charge in [-0.25, -0.2) is 9.37 Å². The maximum Gasteiger partial charge on any atom is 0.261 e. The van der Waals surface area contributed by atoms with Gasteiger partial charge in [0.2, 0.25) is 0 Å². The largest absolute Gasteiger partial charge is 0.299 e. The lowest BCUT2D eigenvalue weighted by atomic mass is 10.2. The Labute approximate surface area is 90.1 Å². The summed E-state index contributed by atoms with van der Waals surface area (Å²) in [6, 6.07) is 2.30. The molecule has 0 aliphatic heterocycles. The Kier molecular flexibility index (Phi) is 2.23. The molecule has 0 radical (unpaired) electrons. The van der Waals surface area contributed by atoms with Gasteiger partial charge in [0.15, 0.2) is 0 Å². The minimum atomic E-state index is -0.532. The van der Waals surface area contributed by atoms with E-state index in [1.54, 1.807) is 14.0 Å². The van der Waals surface area contributed by atoms with E-state index in [2.05, 4.69) is 4.98 Å². The van der Waals surface area contributed by atoms with Crippen molar-refractivity contribution in [2.75, 3.05) is 0 Å². The van der Waals surface area contributed by atoms with Gasteiger partial charge in [-0.3, -0.25) is 9.36 Å². The van der Waals surface area contributed by atoms with E-state index in [1.165, 1.54) is 4.57 Å². The van der Waals surface area contributed by atoms with Crippen LogP contribution in [0.25, 0.3) is 10.9 Å². The van der Waals surface area contributed by atoms with Crippen LogP contribution in [-0.4, -0.2) is 9.55 Å². The van der Waals surface area contributed by atoms with Crippen molar-refractivity contribution < 1.29 is 4.39 Å². The zero-order valence-corrected chi connectivity index (χ0v) is 8.97. The van der Waals surface area contributed by atoms with E-state index in [0.29, 0.717) is 11.3 Å². The molecule has 1 aromatic heterocycles. The lowest BCUT2D eigenvalue weighted by Crippen LogP contribution is -2.20. The second-order valence-corrected chi connectivity index (χ2v) is 3.71. The molecule has 0 amide bonds. The van der Waals surface area contributed by atoms with E-state index in [0.717, 1.165) is 12.1 Å². The number of aromatic nitrogens is 2. The van der Waals surface area contributed by atoms with Gasteiger partial charge in [-0.05, 0) is 19.1 Å². The van der Waals surface area contributed by atoms with Gasteiger partial charge in [0, 0.05) is 7.05 Å². The normalized spacial score (nSPS) is 10.9. The molecule has 0 spiro atoms. The predicted octanol–water partition coefficient (Wildman–Crippen LogP) is 2.03. The zero-order valence-electron chi connectivity index (χ0n) is 8.21. The highest BCUT2D eigenvalue weighted by molar-refractivity contribution is 6.35. The minimum Gasteiger partial charge on any atom is -0.299 e. The van der Waals surface area contributed by atoms with E-state index < -0.39 is 5.82 Å². The highest BCUT2D eigenvalue weighted by Crippen LogP contribution is 2.20. The van der Waals surface area contributed by atoms with Gasteiger partial charge in [-0.1, -0.05) is 11.6 Å². The maximum atomic E-state index is 13.0. The van der Waals surface area contributed by atoms with Gasteiger partial charge in [0.25, 0.3) is 5.56 Å². The standard InChI is InChI=1S/C10H8ClFN2O/c1-5-13-9-7(10(15)14(5)2)3-6(12)4-8(9)11/h3-4H,1-2H3. The third kappa shape index (κ3) is 1.51. The topological polar surface area (TPSA) is 34.9 Å². The molecule has 78 valence electrons. The first-order valence-electron chi connectivity index (χ1n) is 4.33. The van der Waals surface area contributed by atoms with Gasteiger partial charge in [0.05, 0.1) is 15.9 Å². The van der Waals surface area contributed by atoms with E-state index in [9.17, 15) is 9.18 Å². The molecular weight excluding hydrogens is 219 g/mol. The molecule has 0 aliphatic carbocycles. The molecule has 15 heavy (non-hydrogen) atoms. The molecule has 0 atom stereocenters. The second-order valence-electron chi connectivity index (χ2n) is 3.31. The van der Waals surface area contributed by atoms with Crippen LogP contribution in [0, 0.1) is 12.7 Å². The molecule has 2 aromatic rings. The molecule has 0 unspecified atom stereocenters. The minimum absolute atomic E-state index is 0.158. The summed E-state index contributed by atoms with van der Waals surface area (Å²) >= 11 is 5.81. The van der Waals surface area contributed by atoms with Gasteiger partial charge < -0.3 is 0 Å². The van der Waals surface area contributed by atoms with Crippen molar-refractivity contribution in [1.82, 2.24) is 9.55 Å². The SMILES string of the molecule is Cc1nc2c(Cl)cc(F)cc2c(=O)n1C.